The molecule has 5 nitrogen and oxygen atoms in total. The molecule has 0 aliphatic heterocycles. The number of carbonyl (C=O) groups excluding carboxylic acids is 1. The number of hydrogen-bond donors (Lipinski definition) is 2. The predicted molar refractivity (Wildman–Crippen MR) is 116 cm³/mol. The Balaban J connectivity index is 1.49. The van der Waals surface area contributed by atoms with E-state index >= 15 is 0 Å². The lowest BCUT2D eigenvalue weighted by Crippen LogP contribution is -2.32. The molecule has 0 saturated carbocycles. The average Bonchev–Trinajstić information content (AvgIpc) is 3.23. The summed E-state index contributed by atoms with van der Waals surface area (Å²) < 4.78 is 5.55. The second kappa shape index (κ2) is 8.97. The van der Waals surface area contributed by atoms with Crippen LogP contribution >= 0.6 is 0 Å². The zero-order valence-electron chi connectivity index (χ0n) is 16.3. The summed E-state index contributed by atoms with van der Waals surface area (Å²) in [4.78, 5) is 15.8. The van der Waals surface area contributed by atoms with Gasteiger partial charge in [0.05, 0.1) is 5.56 Å². The third kappa shape index (κ3) is 4.18. The number of amides is 1. The highest BCUT2D eigenvalue weighted by molar-refractivity contribution is 5.84. The van der Waals surface area contributed by atoms with Gasteiger partial charge in [0.2, 0.25) is 0 Å². The first-order valence-corrected chi connectivity index (χ1v) is 9.76. The van der Waals surface area contributed by atoms with Crippen LogP contribution < -0.4 is 10.1 Å². The molecule has 4 aromatic rings. The largest absolute Gasteiger partial charge is 0.482 e. The van der Waals surface area contributed by atoms with Crippen LogP contribution in [0.25, 0.3) is 10.9 Å². The topological polar surface area (TPSA) is 77.9 Å². The van der Waals surface area contributed by atoms with E-state index in [4.69, 9.17) is 10.00 Å². The van der Waals surface area contributed by atoms with Gasteiger partial charge in [0.25, 0.3) is 5.91 Å². The number of ether oxygens (including phenoxy) is 1. The fraction of sp³-hybridized carbons (Fsp3) is 0.120. The van der Waals surface area contributed by atoms with E-state index in [0.717, 1.165) is 22.0 Å². The Morgan fingerprint density at radius 1 is 1.00 bits per heavy atom. The van der Waals surface area contributed by atoms with E-state index in [9.17, 15) is 4.79 Å². The number of nitrogens with zero attached hydrogens (tertiary/aromatic N) is 1. The van der Waals surface area contributed by atoms with Crippen LogP contribution in [-0.2, 0) is 4.79 Å². The van der Waals surface area contributed by atoms with Gasteiger partial charge in [-0.05, 0) is 29.3 Å². The molecule has 0 aliphatic carbocycles. The minimum atomic E-state index is -0.233. The molecule has 1 unspecified atom stereocenters. The molecule has 4 rings (SSSR count). The Hall–Kier alpha value is -4.04. The summed E-state index contributed by atoms with van der Waals surface area (Å²) in [6.07, 6.45) is 2.01. The Kier molecular flexibility index (Phi) is 5.77. The maximum absolute atomic E-state index is 12.5. The van der Waals surface area contributed by atoms with Crippen molar-refractivity contribution in [2.24, 2.45) is 0 Å². The van der Waals surface area contributed by atoms with E-state index < -0.39 is 0 Å². The quantitative estimate of drug-likeness (QED) is 0.488. The van der Waals surface area contributed by atoms with Gasteiger partial charge in [0.15, 0.2) is 6.61 Å². The van der Waals surface area contributed by atoms with Crippen LogP contribution in [0, 0.1) is 11.3 Å². The first-order valence-electron chi connectivity index (χ1n) is 9.76. The first kappa shape index (κ1) is 19.3. The highest BCUT2D eigenvalue weighted by Gasteiger charge is 2.19. The van der Waals surface area contributed by atoms with Crippen LogP contribution in [0.15, 0.2) is 85.1 Å². The molecular formula is C25H21N3O2. The Morgan fingerprint density at radius 3 is 2.57 bits per heavy atom. The van der Waals surface area contributed by atoms with Crippen LogP contribution in [0.4, 0.5) is 0 Å². The normalized spacial score (nSPS) is 11.6. The van der Waals surface area contributed by atoms with Crippen LogP contribution in [0.3, 0.4) is 0 Å². The van der Waals surface area contributed by atoms with Crippen molar-refractivity contribution in [2.75, 3.05) is 13.2 Å². The third-order valence-electron chi connectivity index (χ3n) is 5.07. The van der Waals surface area contributed by atoms with Crippen molar-refractivity contribution >= 4 is 16.8 Å². The summed E-state index contributed by atoms with van der Waals surface area (Å²) in [5, 5.41) is 13.3. The number of rotatable bonds is 7. The molecule has 0 fully saturated rings. The summed E-state index contributed by atoms with van der Waals surface area (Å²) >= 11 is 0. The Morgan fingerprint density at radius 2 is 1.73 bits per heavy atom. The van der Waals surface area contributed by atoms with Gasteiger partial charge in [-0.25, -0.2) is 0 Å². The smallest absolute Gasteiger partial charge is 0.257 e. The highest BCUT2D eigenvalue weighted by atomic mass is 16.5. The number of aromatic amines is 1. The summed E-state index contributed by atoms with van der Waals surface area (Å²) in [6, 6.07) is 27.2. The zero-order valence-corrected chi connectivity index (χ0v) is 16.3. The third-order valence-corrected chi connectivity index (χ3v) is 5.07. The lowest BCUT2D eigenvalue weighted by molar-refractivity contribution is -0.123. The average molecular weight is 395 g/mol. The van der Waals surface area contributed by atoms with Gasteiger partial charge in [-0.2, -0.15) is 5.26 Å². The Bertz CT molecular complexity index is 1190. The molecule has 1 amide bonds. The minimum absolute atomic E-state index is 0.00213. The van der Waals surface area contributed by atoms with E-state index in [1.165, 1.54) is 0 Å². The Labute approximate surface area is 174 Å². The van der Waals surface area contributed by atoms with Gasteiger partial charge in [-0.1, -0.05) is 60.7 Å². The van der Waals surface area contributed by atoms with Gasteiger partial charge in [0, 0.05) is 29.6 Å². The number of nitrogens with one attached hydrogen (secondary N) is 2. The monoisotopic (exact) mass is 395 g/mol. The summed E-state index contributed by atoms with van der Waals surface area (Å²) in [7, 11) is 0. The SMILES string of the molecule is N#Cc1ccccc1OCC(=O)NCC(c1ccccc1)c1c[nH]c2ccccc12. The van der Waals surface area contributed by atoms with Gasteiger partial charge < -0.3 is 15.0 Å². The number of fused-ring (bicyclic) bond motifs is 1. The molecule has 0 aliphatic rings. The van der Waals surface area contributed by atoms with E-state index in [-0.39, 0.29) is 18.4 Å². The second-order valence-corrected chi connectivity index (χ2v) is 6.95. The number of hydrogen-bond acceptors (Lipinski definition) is 3. The van der Waals surface area contributed by atoms with Crippen LogP contribution in [0.2, 0.25) is 0 Å². The lowest BCUT2D eigenvalue weighted by Gasteiger charge is -2.18. The number of nitriles is 1. The molecule has 0 spiro atoms. The standard InChI is InChI=1S/C25H21N3O2/c26-14-19-10-4-7-13-24(19)30-17-25(29)28-15-21(18-8-2-1-3-9-18)22-16-27-23-12-6-5-11-20(22)23/h1-13,16,21,27H,15,17H2,(H,28,29). The molecule has 2 N–H and O–H groups in total. The number of benzene rings is 3. The van der Waals surface area contributed by atoms with Crippen molar-refractivity contribution in [1.29, 1.82) is 5.26 Å². The fourth-order valence-corrected chi connectivity index (χ4v) is 3.57. The van der Waals surface area contributed by atoms with Crippen molar-refractivity contribution in [3.63, 3.8) is 0 Å². The molecule has 0 radical (unpaired) electrons. The van der Waals surface area contributed by atoms with Crippen molar-refractivity contribution in [3.05, 3.63) is 102 Å². The van der Waals surface area contributed by atoms with E-state index in [1.807, 2.05) is 42.6 Å². The molecule has 0 saturated heterocycles. The molecular weight excluding hydrogens is 374 g/mol. The molecule has 0 bridgehead atoms. The maximum Gasteiger partial charge on any atom is 0.257 e. The van der Waals surface area contributed by atoms with Crippen LogP contribution in [0.1, 0.15) is 22.6 Å². The molecule has 5 heteroatoms. The second-order valence-electron chi connectivity index (χ2n) is 6.95. The van der Waals surface area contributed by atoms with Gasteiger partial charge in [-0.3, -0.25) is 4.79 Å². The fourth-order valence-electron chi connectivity index (χ4n) is 3.57. The molecule has 1 aromatic heterocycles. The van der Waals surface area contributed by atoms with Crippen LogP contribution in [0.5, 0.6) is 5.75 Å². The lowest BCUT2D eigenvalue weighted by atomic mass is 9.91. The minimum Gasteiger partial charge on any atom is -0.482 e. The molecule has 1 atom stereocenters. The maximum atomic E-state index is 12.5. The zero-order chi connectivity index (χ0) is 20.8. The summed E-state index contributed by atoms with van der Waals surface area (Å²) in [6.45, 7) is 0.294. The number of carbonyl (C=O) groups is 1. The number of aromatic nitrogens is 1. The van der Waals surface area contributed by atoms with Gasteiger partial charge in [-0.15, -0.1) is 0 Å². The van der Waals surface area contributed by atoms with Gasteiger partial charge >= 0.3 is 0 Å². The van der Waals surface area contributed by atoms with E-state index in [1.54, 1.807) is 24.3 Å². The summed E-state index contributed by atoms with van der Waals surface area (Å²) in [5.41, 5.74) is 3.73. The molecule has 30 heavy (non-hydrogen) atoms. The van der Waals surface area contributed by atoms with E-state index in [0.29, 0.717) is 17.9 Å². The first-order chi connectivity index (χ1) is 14.8. The molecule has 3 aromatic carbocycles. The van der Waals surface area contributed by atoms with Crippen molar-refractivity contribution < 1.29 is 9.53 Å². The van der Waals surface area contributed by atoms with Gasteiger partial charge in [0.1, 0.15) is 11.8 Å². The molecule has 1 heterocycles. The van der Waals surface area contributed by atoms with Crippen molar-refractivity contribution in [3.8, 4) is 11.8 Å². The number of H-pyrrole nitrogens is 1. The van der Waals surface area contributed by atoms with Crippen molar-refractivity contribution in [2.45, 2.75) is 5.92 Å². The van der Waals surface area contributed by atoms with Crippen molar-refractivity contribution in [1.82, 2.24) is 10.3 Å². The summed E-state index contributed by atoms with van der Waals surface area (Å²) in [5.74, 6) is 0.174. The number of para-hydroxylation sites is 2. The van der Waals surface area contributed by atoms with Crippen LogP contribution in [-0.4, -0.2) is 24.0 Å². The predicted octanol–water partition coefficient (Wildman–Crippen LogP) is 4.37. The molecule has 148 valence electrons. The highest BCUT2D eigenvalue weighted by Crippen LogP contribution is 2.30. The van der Waals surface area contributed by atoms with E-state index in [2.05, 4.69) is 34.6 Å².